The summed E-state index contributed by atoms with van der Waals surface area (Å²) in [4.78, 5) is 14.0. The number of carbonyl (C=O) groups excluding carboxylic acids is 1. The Hall–Kier alpha value is -0.840. The van der Waals surface area contributed by atoms with Crippen molar-refractivity contribution < 1.29 is 9.18 Å². The summed E-state index contributed by atoms with van der Waals surface area (Å²) in [7, 11) is 0. The number of amides is 1. The van der Waals surface area contributed by atoms with Crippen LogP contribution in [0.5, 0.6) is 0 Å². The van der Waals surface area contributed by atoms with Crippen LogP contribution in [0, 0.1) is 5.82 Å². The minimum Gasteiger partial charge on any atom is -0.334 e. The highest BCUT2D eigenvalue weighted by atomic mass is 35.5. The molecule has 0 aromatic heterocycles. The number of piperidine rings is 1. The first-order valence-corrected chi connectivity index (χ1v) is 6.48. The molecular formula is C13H17Cl2FN2O. The van der Waals surface area contributed by atoms with Crippen molar-refractivity contribution in [1.82, 2.24) is 4.90 Å². The normalized spacial score (nSPS) is 18.9. The lowest BCUT2D eigenvalue weighted by Gasteiger charge is -2.35. The highest BCUT2D eigenvalue weighted by Gasteiger charge is 2.28. The van der Waals surface area contributed by atoms with Gasteiger partial charge in [-0.1, -0.05) is 17.7 Å². The lowest BCUT2D eigenvalue weighted by molar-refractivity contribution is 0.0618. The molecule has 2 N–H and O–H groups in total. The fourth-order valence-electron chi connectivity index (χ4n) is 2.34. The van der Waals surface area contributed by atoms with E-state index in [-0.39, 0.29) is 34.9 Å². The van der Waals surface area contributed by atoms with E-state index in [1.165, 1.54) is 12.1 Å². The highest BCUT2D eigenvalue weighted by molar-refractivity contribution is 6.31. The summed E-state index contributed by atoms with van der Waals surface area (Å²) in [6, 6.07) is 4.49. The Bertz CT molecular complexity index is 456. The van der Waals surface area contributed by atoms with Gasteiger partial charge in [0.15, 0.2) is 5.82 Å². The van der Waals surface area contributed by atoms with Crippen molar-refractivity contribution in [3.63, 3.8) is 0 Å². The van der Waals surface area contributed by atoms with Crippen LogP contribution in [-0.4, -0.2) is 29.9 Å². The van der Waals surface area contributed by atoms with Crippen LogP contribution in [0.2, 0.25) is 5.02 Å². The molecule has 1 aromatic carbocycles. The maximum atomic E-state index is 13.8. The molecular weight excluding hydrogens is 290 g/mol. The Morgan fingerprint density at radius 2 is 2.21 bits per heavy atom. The number of halogens is 3. The fourth-order valence-corrected chi connectivity index (χ4v) is 2.51. The Balaban J connectivity index is 0.00000180. The van der Waals surface area contributed by atoms with Gasteiger partial charge in [-0.25, -0.2) is 4.39 Å². The summed E-state index contributed by atoms with van der Waals surface area (Å²) in [6.45, 7) is 1.04. The first-order valence-electron chi connectivity index (χ1n) is 6.10. The highest BCUT2D eigenvalue weighted by Crippen LogP contribution is 2.23. The van der Waals surface area contributed by atoms with E-state index < -0.39 is 5.82 Å². The van der Waals surface area contributed by atoms with E-state index in [4.69, 9.17) is 17.3 Å². The molecule has 0 radical (unpaired) electrons. The number of benzene rings is 1. The summed E-state index contributed by atoms with van der Waals surface area (Å²) < 4.78 is 13.8. The van der Waals surface area contributed by atoms with Gasteiger partial charge in [-0.15, -0.1) is 12.4 Å². The van der Waals surface area contributed by atoms with Gasteiger partial charge in [0.2, 0.25) is 0 Å². The molecule has 106 valence electrons. The molecule has 1 atom stereocenters. The van der Waals surface area contributed by atoms with E-state index in [9.17, 15) is 9.18 Å². The standard InChI is InChI=1S/C13H16ClFN2O.ClH/c14-11-6-3-5-10(12(11)15)13(18)17-7-2-1-4-9(17)8-16;/h3,5-6,9H,1-2,4,7-8,16H2;1H. The molecule has 1 saturated heterocycles. The zero-order valence-corrected chi connectivity index (χ0v) is 12.0. The van der Waals surface area contributed by atoms with Gasteiger partial charge in [-0.05, 0) is 31.4 Å². The lowest BCUT2D eigenvalue weighted by atomic mass is 10.0. The second kappa shape index (κ2) is 7.08. The first-order chi connectivity index (χ1) is 8.65. The van der Waals surface area contributed by atoms with Gasteiger partial charge in [0.1, 0.15) is 0 Å². The average Bonchev–Trinajstić information content (AvgIpc) is 2.41. The third kappa shape index (κ3) is 3.38. The third-order valence-electron chi connectivity index (χ3n) is 3.34. The number of hydrogen-bond acceptors (Lipinski definition) is 2. The summed E-state index contributed by atoms with van der Waals surface area (Å²) in [5.74, 6) is -0.962. The van der Waals surface area contributed by atoms with Crippen LogP contribution >= 0.6 is 24.0 Å². The van der Waals surface area contributed by atoms with Crippen molar-refractivity contribution >= 4 is 29.9 Å². The number of hydrogen-bond donors (Lipinski definition) is 1. The molecule has 19 heavy (non-hydrogen) atoms. The van der Waals surface area contributed by atoms with E-state index in [0.717, 1.165) is 19.3 Å². The van der Waals surface area contributed by atoms with Gasteiger partial charge < -0.3 is 10.6 Å². The molecule has 1 amide bonds. The van der Waals surface area contributed by atoms with Crippen LogP contribution in [0.1, 0.15) is 29.6 Å². The monoisotopic (exact) mass is 306 g/mol. The number of nitrogens with two attached hydrogens (primary N) is 1. The van der Waals surface area contributed by atoms with E-state index in [1.54, 1.807) is 11.0 Å². The van der Waals surface area contributed by atoms with Gasteiger partial charge in [-0.3, -0.25) is 4.79 Å². The Labute approximate surface area is 123 Å². The SMILES string of the molecule is Cl.NCC1CCCCN1C(=O)c1cccc(Cl)c1F. The van der Waals surface area contributed by atoms with Gasteiger partial charge >= 0.3 is 0 Å². The molecule has 1 aliphatic heterocycles. The van der Waals surface area contributed by atoms with Crippen molar-refractivity contribution in [3.05, 3.63) is 34.6 Å². The van der Waals surface area contributed by atoms with Crippen molar-refractivity contribution in [3.8, 4) is 0 Å². The maximum absolute atomic E-state index is 13.8. The molecule has 1 aliphatic rings. The second-order valence-corrected chi connectivity index (χ2v) is 4.89. The quantitative estimate of drug-likeness (QED) is 0.913. The molecule has 0 spiro atoms. The Morgan fingerprint density at radius 3 is 2.89 bits per heavy atom. The molecule has 1 unspecified atom stereocenters. The number of carbonyl (C=O) groups is 1. The number of rotatable bonds is 2. The Morgan fingerprint density at radius 1 is 1.47 bits per heavy atom. The van der Waals surface area contributed by atoms with E-state index in [0.29, 0.717) is 13.1 Å². The predicted molar refractivity (Wildman–Crippen MR) is 76.4 cm³/mol. The fraction of sp³-hybridized carbons (Fsp3) is 0.462. The van der Waals surface area contributed by atoms with Crippen LogP contribution in [0.25, 0.3) is 0 Å². The largest absolute Gasteiger partial charge is 0.334 e. The molecule has 1 fully saturated rings. The molecule has 3 nitrogen and oxygen atoms in total. The van der Waals surface area contributed by atoms with Gasteiger partial charge in [0.25, 0.3) is 5.91 Å². The number of nitrogens with zero attached hydrogens (tertiary/aromatic N) is 1. The van der Waals surface area contributed by atoms with Crippen molar-refractivity contribution in [2.24, 2.45) is 5.73 Å². The molecule has 1 aromatic rings. The van der Waals surface area contributed by atoms with E-state index >= 15 is 0 Å². The summed E-state index contributed by atoms with van der Waals surface area (Å²) in [5.41, 5.74) is 5.69. The first kappa shape index (κ1) is 16.2. The topological polar surface area (TPSA) is 46.3 Å². The smallest absolute Gasteiger partial charge is 0.257 e. The lowest BCUT2D eigenvalue weighted by Crippen LogP contribution is -2.47. The molecule has 0 saturated carbocycles. The third-order valence-corrected chi connectivity index (χ3v) is 3.63. The molecule has 0 aliphatic carbocycles. The minimum absolute atomic E-state index is 0. The van der Waals surface area contributed by atoms with Crippen LogP contribution in [0.3, 0.4) is 0 Å². The van der Waals surface area contributed by atoms with Crippen LogP contribution in [0.15, 0.2) is 18.2 Å². The predicted octanol–water partition coefficient (Wildman–Crippen LogP) is 2.85. The van der Waals surface area contributed by atoms with E-state index in [1.807, 2.05) is 0 Å². The second-order valence-electron chi connectivity index (χ2n) is 4.49. The molecule has 2 rings (SSSR count). The van der Waals surface area contributed by atoms with Gasteiger partial charge in [0, 0.05) is 19.1 Å². The molecule has 6 heteroatoms. The number of likely N-dealkylation sites (tertiary alicyclic amines) is 1. The van der Waals surface area contributed by atoms with Gasteiger partial charge in [0.05, 0.1) is 10.6 Å². The van der Waals surface area contributed by atoms with Gasteiger partial charge in [-0.2, -0.15) is 0 Å². The summed E-state index contributed by atoms with van der Waals surface area (Å²) in [6.07, 6.45) is 2.87. The Kier molecular flexibility index (Phi) is 6.04. The summed E-state index contributed by atoms with van der Waals surface area (Å²) >= 11 is 5.70. The van der Waals surface area contributed by atoms with Crippen LogP contribution in [-0.2, 0) is 0 Å². The van der Waals surface area contributed by atoms with Crippen molar-refractivity contribution in [1.29, 1.82) is 0 Å². The van der Waals surface area contributed by atoms with Crippen LogP contribution < -0.4 is 5.73 Å². The zero-order valence-electron chi connectivity index (χ0n) is 10.4. The van der Waals surface area contributed by atoms with E-state index in [2.05, 4.69) is 0 Å². The minimum atomic E-state index is -0.648. The van der Waals surface area contributed by atoms with Crippen molar-refractivity contribution in [2.45, 2.75) is 25.3 Å². The van der Waals surface area contributed by atoms with Crippen molar-refractivity contribution in [2.75, 3.05) is 13.1 Å². The zero-order chi connectivity index (χ0) is 13.1. The average molecular weight is 307 g/mol. The molecule has 1 heterocycles. The maximum Gasteiger partial charge on any atom is 0.257 e. The van der Waals surface area contributed by atoms with Crippen LogP contribution in [0.4, 0.5) is 4.39 Å². The molecule has 0 bridgehead atoms. The summed E-state index contributed by atoms with van der Waals surface area (Å²) in [5, 5.41) is -0.0258.